The van der Waals surface area contributed by atoms with Gasteiger partial charge in [-0.1, -0.05) is 24.3 Å². The molecule has 0 unspecified atom stereocenters. The summed E-state index contributed by atoms with van der Waals surface area (Å²) >= 11 is 0. The van der Waals surface area contributed by atoms with Crippen molar-refractivity contribution in [3.05, 3.63) is 71.2 Å². The van der Waals surface area contributed by atoms with Crippen molar-refractivity contribution in [2.45, 2.75) is 26.7 Å². The van der Waals surface area contributed by atoms with Crippen LogP contribution in [-0.4, -0.2) is 39.6 Å². The normalized spacial score (nSPS) is 14.6. The van der Waals surface area contributed by atoms with Crippen molar-refractivity contribution < 1.29 is 14.0 Å². The lowest BCUT2D eigenvalue weighted by Crippen LogP contribution is -2.42. The summed E-state index contributed by atoms with van der Waals surface area (Å²) < 4.78 is 16.1. The zero-order valence-electron chi connectivity index (χ0n) is 17.6. The standard InChI is InChI=1S/C24H25FN4O2/c1-15-7-8-16(2)21(13-15)29-22(14-20(27-29)18-5-3-4-6-19(18)25)24(31)28-11-9-17(10-12-28)23(26)30/h3-8,13-14,17H,9-12H2,1-2H3,(H2,26,30). The fourth-order valence-electron chi connectivity index (χ4n) is 3.99. The molecule has 1 aromatic heterocycles. The van der Waals surface area contributed by atoms with Crippen LogP contribution in [0.25, 0.3) is 16.9 Å². The summed E-state index contributed by atoms with van der Waals surface area (Å²) in [7, 11) is 0. The number of hydrogen-bond donors (Lipinski definition) is 1. The Morgan fingerprint density at radius 1 is 1.06 bits per heavy atom. The summed E-state index contributed by atoms with van der Waals surface area (Å²) in [5.74, 6) is -1.12. The van der Waals surface area contributed by atoms with Crippen molar-refractivity contribution in [2.75, 3.05) is 13.1 Å². The predicted octanol–water partition coefficient (Wildman–Crippen LogP) is 3.63. The van der Waals surface area contributed by atoms with E-state index in [9.17, 15) is 14.0 Å². The van der Waals surface area contributed by atoms with E-state index in [-0.39, 0.29) is 17.7 Å². The van der Waals surface area contributed by atoms with E-state index >= 15 is 0 Å². The van der Waals surface area contributed by atoms with E-state index in [1.54, 1.807) is 33.8 Å². The number of amides is 2. The van der Waals surface area contributed by atoms with E-state index in [0.717, 1.165) is 16.8 Å². The fraction of sp³-hybridized carbons (Fsp3) is 0.292. The summed E-state index contributed by atoms with van der Waals surface area (Å²) in [5.41, 5.74) is 9.29. The Morgan fingerprint density at radius 3 is 2.45 bits per heavy atom. The van der Waals surface area contributed by atoms with Gasteiger partial charge in [0.15, 0.2) is 0 Å². The average Bonchev–Trinajstić information content (AvgIpc) is 3.20. The van der Waals surface area contributed by atoms with Crippen LogP contribution in [0.1, 0.15) is 34.5 Å². The van der Waals surface area contributed by atoms with Gasteiger partial charge in [0.05, 0.1) is 11.4 Å². The van der Waals surface area contributed by atoms with E-state index in [1.165, 1.54) is 6.07 Å². The van der Waals surface area contributed by atoms with Gasteiger partial charge in [0.25, 0.3) is 5.91 Å². The number of piperidine rings is 1. The molecule has 0 bridgehead atoms. The molecule has 1 aliphatic rings. The molecule has 1 aliphatic heterocycles. The first kappa shape index (κ1) is 20.8. The predicted molar refractivity (Wildman–Crippen MR) is 116 cm³/mol. The average molecular weight is 420 g/mol. The number of aromatic nitrogens is 2. The Hall–Kier alpha value is -3.48. The van der Waals surface area contributed by atoms with Crippen LogP contribution in [0.4, 0.5) is 4.39 Å². The number of nitrogens with two attached hydrogens (primary N) is 1. The van der Waals surface area contributed by atoms with Crippen LogP contribution < -0.4 is 5.73 Å². The largest absolute Gasteiger partial charge is 0.369 e. The number of likely N-dealkylation sites (tertiary alicyclic amines) is 1. The van der Waals surface area contributed by atoms with Crippen molar-refractivity contribution in [3.63, 3.8) is 0 Å². The molecule has 6 nitrogen and oxygen atoms in total. The van der Waals surface area contributed by atoms with Gasteiger partial charge in [-0.3, -0.25) is 9.59 Å². The Kier molecular flexibility index (Phi) is 5.59. The first-order valence-corrected chi connectivity index (χ1v) is 10.4. The van der Waals surface area contributed by atoms with Gasteiger partial charge in [0.1, 0.15) is 11.5 Å². The lowest BCUT2D eigenvalue weighted by Gasteiger charge is -2.30. The molecule has 2 amide bonds. The monoisotopic (exact) mass is 420 g/mol. The summed E-state index contributed by atoms with van der Waals surface area (Å²) in [5, 5.41) is 4.63. The molecule has 1 fully saturated rings. The number of nitrogens with zero attached hydrogens (tertiary/aromatic N) is 3. The van der Waals surface area contributed by atoms with Crippen LogP contribution in [0.2, 0.25) is 0 Å². The van der Waals surface area contributed by atoms with Gasteiger partial charge < -0.3 is 10.6 Å². The van der Waals surface area contributed by atoms with Crippen LogP contribution in [0.15, 0.2) is 48.5 Å². The second-order valence-electron chi connectivity index (χ2n) is 8.07. The smallest absolute Gasteiger partial charge is 0.272 e. The molecular formula is C24H25FN4O2. The van der Waals surface area contributed by atoms with Gasteiger partial charge in [-0.05, 0) is 62.1 Å². The minimum Gasteiger partial charge on any atom is -0.369 e. The molecule has 0 saturated carbocycles. The molecule has 2 N–H and O–H groups in total. The quantitative estimate of drug-likeness (QED) is 0.700. The number of aryl methyl sites for hydroxylation is 2. The van der Waals surface area contributed by atoms with E-state index in [2.05, 4.69) is 5.10 Å². The number of primary amides is 1. The van der Waals surface area contributed by atoms with E-state index < -0.39 is 5.82 Å². The number of carbonyl (C=O) groups is 2. The summed E-state index contributed by atoms with van der Waals surface area (Å²) in [4.78, 5) is 26.6. The van der Waals surface area contributed by atoms with E-state index in [4.69, 9.17) is 5.73 Å². The Labute approximate surface area is 180 Å². The molecule has 2 aromatic carbocycles. The molecule has 1 saturated heterocycles. The molecule has 0 spiro atoms. The third kappa shape index (κ3) is 4.08. The molecule has 2 heterocycles. The first-order valence-electron chi connectivity index (χ1n) is 10.4. The maximum absolute atomic E-state index is 14.4. The van der Waals surface area contributed by atoms with Crippen LogP contribution >= 0.6 is 0 Å². The maximum atomic E-state index is 14.4. The van der Waals surface area contributed by atoms with E-state index in [0.29, 0.717) is 42.9 Å². The highest BCUT2D eigenvalue weighted by Gasteiger charge is 2.29. The zero-order chi connectivity index (χ0) is 22.1. The highest BCUT2D eigenvalue weighted by atomic mass is 19.1. The van der Waals surface area contributed by atoms with Gasteiger partial charge in [-0.2, -0.15) is 5.10 Å². The van der Waals surface area contributed by atoms with Gasteiger partial charge in [-0.25, -0.2) is 9.07 Å². The Balaban J connectivity index is 1.77. The molecule has 0 aliphatic carbocycles. The Morgan fingerprint density at radius 2 is 1.77 bits per heavy atom. The third-order valence-electron chi connectivity index (χ3n) is 5.86. The summed E-state index contributed by atoms with van der Waals surface area (Å²) in [6.07, 6.45) is 1.08. The number of halogens is 1. The van der Waals surface area contributed by atoms with Gasteiger partial charge in [0, 0.05) is 24.6 Å². The minimum atomic E-state index is -0.394. The second kappa shape index (κ2) is 8.34. The second-order valence-corrected chi connectivity index (χ2v) is 8.07. The van der Waals surface area contributed by atoms with Crippen molar-refractivity contribution in [2.24, 2.45) is 11.7 Å². The highest BCUT2D eigenvalue weighted by Crippen LogP contribution is 2.27. The molecule has 31 heavy (non-hydrogen) atoms. The molecule has 7 heteroatoms. The lowest BCUT2D eigenvalue weighted by molar-refractivity contribution is -0.123. The first-order chi connectivity index (χ1) is 14.8. The highest BCUT2D eigenvalue weighted by molar-refractivity contribution is 5.94. The van der Waals surface area contributed by atoms with Crippen molar-refractivity contribution >= 4 is 11.8 Å². The number of hydrogen-bond acceptors (Lipinski definition) is 3. The van der Waals surface area contributed by atoms with Crippen LogP contribution in [0, 0.1) is 25.6 Å². The Bertz CT molecular complexity index is 1150. The van der Waals surface area contributed by atoms with Crippen LogP contribution in [0.3, 0.4) is 0 Å². The van der Waals surface area contributed by atoms with Crippen LogP contribution in [-0.2, 0) is 4.79 Å². The van der Waals surface area contributed by atoms with Crippen molar-refractivity contribution in [3.8, 4) is 16.9 Å². The maximum Gasteiger partial charge on any atom is 0.272 e. The van der Waals surface area contributed by atoms with Gasteiger partial charge in [-0.15, -0.1) is 0 Å². The molecule has 4 rings (SSSR count). The van der Waals surface area contributed by atoms with Gasteiger partial charge in [0.2, 0.25) is 5.91 Å². The molecule has 3 aromatic rings. The minimum absolute atomic E-state index is 0.195. The molecule has 160 valence electrons. The lowest BCUT2D eigenvalue weighted by atomic mass is 9.96. The van der Waals surface area contributed by atoms with Crippen molar-refractivity contribution in [1.82, 2.24) is 14.7 Å². The van der Waals surface area contributed by atoms with E-state index in [1.807, 2.05) is 32.0 Å². The third-order valence-corrected chi connectivity index (χ3v) is 5.86. The van der Waals surface area contributed by atoms with Crippen LogP contribution in [0.5, 0.6) is 0 Å². The molecular weight excluding hydrogens is 395 g/mol. The number of rotatable bonds is 4. The van der Waals surface area contributed by atoms with Gasteiger partial charge >= 0.3 is 0 Å². The zero-order valence-corrected chi connectivity index (χ0v) is 17.6. The molecule has 0 atom stereocenters. The summed E-state index contributed by atoms with van der Waals surface area (Å²) in [6, 6.07) is 14.0. The topological polar surface area (TPSA) is 81.2 Å². The summed E-state index contributed by atoms with van der Waals surface area (Å²) in [6.45, 7) is 4.81. The number of benzene rings is 2. The fourth-order valence-corrected chi connectivity index (χ4v) is 3.99. The SMILES string of the molecule is Cc1ccc(C)c(-n2nc(-c3ccccc3F)cc2C(=O)N2CCC(C(N)=O)CC2)c1. The molecule has 0 radical (unpaired) electrons. The number of carbonyl (C=O) groups excluding carboxylic acids is 2. The van der Waals surface area contributed by atoms with Crippen molar-refractivity contribution in [1.29, 1.82) is 0 Å².